The van der Waals surface area contributed by atoms with E-state index in [0.29, 0.717) is 0 Å². The van der Waals surface area contributed by atoms with Gasteiger partial charge in [-0.3, -0.25) is 0 Å². The van der Waals surface area contributed by atoms with E-state index in [9.17, 15) is 0 Å². The third-order valence-corrected chi connectivity index (χ3v) is 14.4. The van der Waals surface area contributed by atoms with E-state index in [1.807, 2.05) is 0 Å². The summed E-state index contributed by atoms with van der Waals surface area (Å²) < 4.78 is 14.0. The summed E-state index contributed by atoms with van der Waals surface area (Å²) in [7, 11) is 0. The van der Waals surface area contributed by atoms with E-state index in [4.69, 9.17) is 8.83 Å². The number of aryl methyl sites for hydroxylation is 2. The summed E-state index contributed by atoms with van der Waals surface area (Å²) in [5.74, 6) is 0.146. The Morgan fingerprint density at radius 1 is 0.324 bits per heavy atom. The van der Waals surface area contributed by atoms with Gasteiger partial charge in [-0.05, 0) is 166 Å². The van der Waals surface area contributed by atoms with Crippen LogP contribution in [0.15, 0.2) is 233 Å². The molecule has 0 spiro atoms. The van der Waals surface area contributed by atoms with Crippen LogP contribution in [0.5, 0.6) is 0 Å². The van der Waals surface area contributed by atoms with Crippen LogP contribution < -0.4 is 9.80 Å². The lowest BCUT2D eigenvalue weighted by Crippen LogP contribution is -2.11. The summed E-state index contributed by atoms with van der Waals surface area (Å²) in [5.41, 5.74) is 18.4. The Morgan fingerprint density at radius 3 is 1.14 bits per heavy atom. The van der Waals surface area contributed by atoms with Crippen LogP contribution in [-0.2, 0) is 0 Å². The summed E-state index contributed by atoms with van der Waals surface area (Å²) in [6, 6.07) is 81.0. The largest absolute Gasteiger partial charge is 0.456 e. The van der Waals surface area contributed by atoms with Crippen molar-refractivity contribution in [2.75, 3.05) is 9.80 Å². The number of para-hydroxylation sites is 2. The molecule has 2 aromatic heterocycles. The van der Waals surface area contributed by atoms with Gasteiger partial charge in [0.05, 0.1) is 0 Å². The van der Waals surface area contributed by atoms with Gasteiger partial charge in [-0.2, -0.15) is 0 Å². The molecule has 0 aliphatic heterocycles. The molecule has 0 amide bonds. The second-order valence-electron chi connectivity index (χ2n) is 19.2. The van der Waals surface area contributed by atoms with Gasteiger partial charge in [-0.1, -0.05) is 147 Å². The van der Waals surface area contributed by atoms with Crippen LogP contribution in [0.3, 0.4) is 0 Å². The van der Waals surface area contributed by atoms with Gasteiger partial charge in [0, 0.05) is 61.2 Å². The minimum absolute atomic E-state index is 0.146. The quantitative estimate of drug-likeness (QED) is 0.144. The van der Waals surface area contributed by atoms with E-state index in [-0.39, 0.29) is 5.92 Å². The Labute approximate surface area is 413 Å². The van der Waals surface area contributed by atoms with Gasteiger partial charge in [-0.15, -0.1) is 0 Å². The lowest BCUT2D eigenvalue weighted by atomic mass is 9.95. The third kappa shape index (κ3) is 7.30. The van der Waals surface area contributed by atoms with Gasteiger partial charge >= 0.3 is 0 Å². The van der Waals surface area contributed by atoms with Crippen molar-refractivity contribution in [1.29, 1.82) is 0 Å². The van der Waals surface area contributed by atoms with Crippen LogP contribution in [0.25, 0.3) is 87.7 Å². The van der Waals surface area contributed by atoms with E-state index in [1.54, 1.807) is 0 Å². The number of furan rings is 2. The van der Waals surface area contributed by atoms with Crippen molar-refractivity contribution in [1.82, 2.24) is 0 Å². The molecule has 0 atom stereocenters. The molecular weight excluding hydrogens is 865 g/mol. The predicted molar refractivity (Wildman–Crippen MR) is 300 cm³/mol. The van der Waals surface area contributed by atoms with Gasteiger partial charge in [0.25, 0.3) is 0 Å². The fourth-order valence-electron chi connectivity index (χ4n) is 10.8. The molecule has 0 aliphatic carbocycles. The van der Waals surface area contributed by atoms with E-state index in [0.717, 1.165) is 105 Å². The number of nitrogens with zero attached hydrogens (tertiary/aromatic N) is 2. The van der Waals surface area contributed by atoms with E-state index >= 15 is 0 Å². The van der Waals surface area contributed by atoms with Gasteiger partial charge in [0.2, 0.25) is 0 Å². The van der Waals surface area contributed by atoms with E-state index in [1.165, 1.54) is 33.4 Å². The molecule has 0 bridgehead atoms. The van der Waals surface area contributed by atoms with Crippen LogP contribution in [0, 0.1) is 13.8 Å². The average molecular weight is 915 g/mol. The Kier molecular flexibility index (Phi) is 10.1. The lowest BCUT2D eigenvalue weighted by Gasteiger charge is -2.28. The Bertz CT molecular complexity index is 3890. The molecule has 71 heavy (non-hydrogen) atoms. The monoisotopic (exact) mass is 914 g/mol. The maximum absolute atomic E-state index is 6.98. The zero-order valence-electron chi connectivity index (χ0n) is 40.2. The topological polar surface area (TPSA) is 32.8 Å². The molecule has 0 radical (unpaired) electrons. The van der Waals surface area contributed by atoms with Gasteiger partial charge < -0.3 is 18.6 Å². The van der Waals surface area contributed by atoms with Crippen molar-refractivity contribution in [3.63, 3.8) is 0 Å². The summed E-state index contributed by atoms with van der Waals surface area (Å²) >= 11 is 0. The van der Waals surface area contributed by atoms with Crippen LogP contribution in [-0.4, -0.2) is 0 Å². The van der Waals surface area contributed by atoms with Crippen LogP contribution in [0.4, 0.5) is 34.1 Å². The SMILES string of the molecule is Cc1ccc(-c2ccccc2)cc1N(c1ccccc1)c1ccc2cc3c(cc2c1)oc1c(C(C)C)c2oc4cc5cc(N(c6ccccc6)c6cc(-c7ccccc7)ccc6C)ccc5cc4c2cc13. The highest BCUT2D eigenvalue weighted by Crippen LogP contribution is 2.47. The molecule has 0 saturated carbocycles. The van der Waals surface area contributed by atoms with Crippen LogP contribution >= 0.6 is 0 Å². The molecule has 4 nitrogen and oxygen atoms in total. The molecule has 0 aliphatic rings. The highest BCUT2D eigenvalue weighted by molar-refractivity contribution is 6.20. The predicted octanol–water partition coefficient (Wildman–Crippen LogP) is 19.8. The summed E-state index contributed by atoms with van der Waals surface area (Å²) in [6.07, 6.45) is 0. The van der Waals surface area contributed by atoms with Gasteiger partial charge in [-0.25, -0.2) is 0 Å². The number of fused-ring (bicyclic) bond motifs is 8. The first-order chi connectivity index (χ1) is 34.8. The summed E-state index contributed by atoms with van der Waals surface area (Å²) in [6.45, 7) is 8.86. The zero-order chi connectivity index (χ0) is 47.7. The fraction of sp³-hybridized carbons (Fsp3) is 0.0746. The van der Waals surface area contributed by atoms with Gasteiger partial charge in [0.15, 0.2) is 0 Å². The Morgan fingerprint density at radius 2 is 0.732 bits per heavy atom. The lowest BCUT2D eigenvalue weighted by molar-refractivity contribution is 0.638. The Hall–Kier alpha value is -8.86. The fourth-order valence-corrected chi connectivity index (χ4v) is 10.8. The van der Waals surface area contributed by atoms with Crippen molar-refractivity contribution in [2.24, 2.45) is 0 Å². The highest BCUT2D eigenvalue weighted by atomic mass is 16.3. The number of rotatable bonds is 9. The van der Waals surface area contributed by atoms with Crippen molar-refractivity contribution >= 4 is 99.5 Å². The molecule has 13 aromatic rings. The zero-order valence-corrected chi connectivity index (χ0v) is 40.2. The molecule has 11 aromatic carbocycles. The van der Waals surface area contributed by atoms with Crippen molar-refractivity contribution in [3.05, 3.63) is 241 Å². The molecule has 0 saturated heterocycles. The smallest absolute Gasteiger partial charge is 0.142 e. The van der Waals surface area contributed by atoms with Crippen LogP contribution in [0.1, 0.15) is 36.5 Å². The first-order valence-corrected chi connectivity index (χ1v) is 24.6. The van der Waals surface area contributed by atoms with Crippen LogP contribution in [0.2, 0.25) is 0 Å². The number of benzene rings is 11. The van der Waals surface area contributed by atoms with Gasteiger partial charge in [0.1, 0.15) is 22.3 Å². The number of anilines is 6. The Balaban J connectivity index is 0.928. The first kappa shape index (κ1) is 42.3. The third-order valence-electron chi connectivity index (χ3n) is 14.4. The van der Waals surface area contributed by atoms with Crippen molar-refractivity contribution < 1.29 is 8.83 Å². The van der Waals surface area contributed by atoms with Crippen molar-refractivity contribution in [2.45, 2.75) is 33.6 Å². The first-order valence-electron chi connectivity index (χ1n) is 24.6. The molecule has 0 N–H and O–H groups in total. The molecule has 13 rings (SSSR count). The maximum Gasteiger partial charge on any atom is 0.142 e. The second kappa shape index (κ2) is 17.0. The normalized spacial score (nSPS) is 11.8. The van der Waals surface area contributed by atoms with E-state index < -0.39 is 0 Å². The molecular formula is C67H50N2O2. The molecule has 2 heterocycles. The highest BCUT2D eigenvalue weighted by Gasteiger charge is 2.24. The maximum atomic E-state index is 6.98. The average Bonchev–Trinajstić information content (AvgIpc) is 3.94. The summed E-state index contributed by atoms with van der Waals surface area (Å²) in [4.78, 5) is 4.74. The molecule has 0 fully saturated rings. The molecule has 0 unspecified atom stereocenters. The van der Waals surface area contributed by atoms with Crippen molar-refractivity contribution in [3.8, 4) is 22.3 Å². The second-order valence-corrected chi connectivity index (χ2v) is 19.2. The summed E-state index contributed by atoms with van der Waals surface area (Å²) in [5, 5.41) is 8.94. The minimum Gasteiger partial charge on any atom is -0.456 e. The minimum atomic E-state index is 0.146. The number of hydrogen-bond acceptors (Lipinski definition) is 4. The molecule has 340 valence electrons. The number of hydrogen-bond donors (Lipinski definition) is 0. The molecule has 4 heteroatoms. The van der Waals surface area contributed by atoms with E-state index in [2.05, 4.69) is 262 Å². The standard InChI is InChI=1S/C67H50N2O2/c1-42(2)65-66-59(57-35-47-29-31-55(33-51(47)39-63(57)70-66)68(53-21-13-7-14-22-53)61-37-49(27-25-43(61)3)45-17-9-5-10-18-45)41-60-58-36-48-30-32-56(34-52(48)40-64(58)71-67(60)65)69(54-23-15-8-16-24-54)62-38-50(28-26-44(62)4)46-19-11-6-12-20-46/h5-42H,1-4H3.